The summed E-state index contributed by atoms with van der Waals surface area (Å²) in [5.41, 5.74) is 0. The lowest BCUT2D eigenvalue weighted by atomic mass is 9.85. The highest BCUT2D eigenvalue weighted by Crippen LogP contribution is 2.25. The Morgan fingerprint density at radius 3 is 2.41 bits per heavy atom. The number of hydrogen-bond acceptors (Lipinski definition) is 3. The van der Waals surface area contributed by atoms with Gasteiger partial charge in [0, 0.05) is 46.4 Å². The zero-order valence-corrected chi connectivity index (χ0v) is 13.6. The van der Waals surface area contributed by atoms with E-state index < -0.39 is 0 Å². The van der Waals surface area contributed by atoms with Gasteiger partial charge in [0.25, 0.3) is 5.91 Å². The van der Waals surface area contributed by atoms with Gasteiger partial charge >= 0.3 is 0 Å². The van der Waals surface area contributed by atoms with Gasteiger partial charge in [-0.1, -0.05) is 6.42 Å². The first-order chi connectivity index (χ1) is 10.8. The van der Waals surface area contributed by atoms with Gasteiger partial charge in [0.1, 0.15) is 6.10 Å². The minimum absolute atomic E-state index is 0.176. The summed E-state index contributed by atoms with van der Waals surface area (Å²) in [5.74, 6) is 1.98. The molecule has 0 bridgehead atoms. The Morgan fingerprint density at radius 2 is 1.86 bits per heavy atom. The number of ether oxygens (including phenoxy) is 1. The molecular weight excluding hydrogens is 280 g/mol. The minimum Gasteiger partial charge on any atom is -0.368 e. The molecule has 0 spiro atoms. The van der Waals surface area contributed by atoms with E-state index in [4.69, 9.17) is 4.74 Å². The van der Waals surface area contributed by atoms with Gasteiger partial charge in [0.15, 0.2) is 5.96 Å². The van der Waals surface area contributed by atoms with Crippen LogP contribution < -0.4 is 5.32 Å². The van der Waals surface area contributed by atoms with Crippen molar-refractivity contribution in [3.63, 3.8) is 0 Å². The molecule has 3 rings (SSSR count). The molecule has 22 heavy (non-hydrogen) atoms. The molecule has 1 saturated carbocycles. The summed E-state index contributed by atoms with van der Waals surface area (Å²) in [5, 5.41) is 3.49. The number of piperazine rings is 1. The fourth-order valence-corrected chi connectivity index (χ4v) is 3.38. The molecule has 1 atom stereocenters. The number of amides is 1. The van der Waals surface area contributed by atoms with E-state index in [9.17, 15) is 4.79 Å². The normalized spacial score (nSPS) is 27.0. The SMILES string of the molecule is CN=C(NCC1CCC1)N1CCN(C(=O)C2CCCO2)CC1. The lowest BCUT2D eigenvalue weighted by molar-refractivity contribution is -0.142. The fraction of sp³-hybridized carbons (Fsp3) is 0.875. The topological polar surface area (TPSA) is 57.2 Å². The molecule has 3 aliphatic rings. The van der Waals surface area contributed by atoms with E-state index >= 15 is 0 Å². The Morgan fingerprint density at radius 1 is 1.14 bits per heavy atom. The van der Waals surface area contributed by atoms with Crippen molar-refractivity contribution in [3.8, 4) is 0 Å². The van der Waals surface area contributed by atoms with Gasteiger partial charge in [-0.3, -0.25) is 9.79 Å². The van der Waals surface area contributed by atoms with E-state index in [0.717, 1.165) is 64.0 Å². The van der Waals surface area contributed by atoms with E-state index in [1.807, 2.05) is 11.9 Å². The predicted molar refractivity (Wildman–Crippen MR) is 85.8 cm³/mol. The number of rotatable bonds is 3. The first-order valence-electron chi connectivity index (χ1n) is 8.64. The third-order valence-electron chi connectivity index (χ3n) is 5.08. The summed E-state index contributed by atoms with van der Waals surface area (Å²) in [6, 6.07) is 0. The number of guanidine groups is 1. The maximum atomic E-state index is 12.3. The zero-order chi connectivity index (χ0) is 15.4. The van der Waals surface area contributed by atoms with E-state index in [1.54, 1.807) is 0 Å². The monoisotopic (exact) mass is 308 g/mol. The zero-order valence-electron chi connectivity index (χ0n) is 13.6. The van der Waals surface area contributed by atoms with Gasteiger partial charge in [0.2, 0.25) is 0 Å². The average molecular weight is 308 g/mol. The molecule has 2 saturated heterocycles. The summed E-state index contributed by atoms with van der Waals surface area (Å²) in [6.45, 7) is 4.99. The van der Waals surface area contributed by atoms with Crippen molar-refractivity contribution in [1.82, 2.24) is 15.1 Å². The summed E-state index contributed by atoms with van der Waals surface area (Å²) in [7, 11) is 1.84. The van der Waals surface area contributed by atoms with E-state index in [0.29, 0.717) is 0 Å². The second-order valence-corrected chi connectivity index (χ2v) is 6.54. The average Bonchev–Trinajstić information content (AvgIpc) is 3.04. The van der Waals surface area contributed by atoms with E-state index in [2.05, 4.69) is 15.2 Å². The Hall–Kier alpha value is -1.30. The van der Waals surface area contributed by atoms with Crippen LogP contribution in [0.15, 0.2) is 4.99 Å². The quantitative estimate of drug-likeness (QED) is 0.615. The molecule has 0 aromatic carbocycles. The summed E-state index contributed by atoms with van der Waals surface area (Å²) in [6.07, 6.45) is 5.75. The van der Waals surface area contributed by atoms with Crippen molar-refractivity contribution < 1.29 is 9.53 Å². The van der Waals surface area contributed by atoms with Gasteiger partial charge in [0.05, 0.1) is 0 Å². The van der Waals surface area contributed by atoms with Crippen LogP contribution in [-0.4, -0.2) is 74.1 Å². The summed E-state index contributed by atoms with van der Waals surface area (Å²) in [4.78, 5) is 20.9. The van der Waals surface area contributed by atoms with Crippen molar-refractivity contribution in [2.45, 2.75) is 38.2 Å². The Labute approximate surface area is 132 Å². The van der Waals surface area contributed by atoms with Crippen LogP contribution in [-0.2, 0) is 9.53 Å². The van der Waals surface area contributed by atoms with Gasteiger partial charge in [-0.05, 0) is 31.6 Å². The molecule has 2 heterocycles. The van der Waals surface area contributed by atoms with Crippen molar-refractivity contribution in [2.75, 3.05) is 46.4 Å². The van der Waals surface area contributed by atoms with Crippen LogP contribution in [0.4, 0.5) is 0 Å². The van der Waals surface area contributed by atoms with Crippen molar-refractivity contribution in [1.29, 1.82) is 0 Å². The number of hydrogen-bond donors (Lipinski definition) is 1. The van der Waals surface area contributed by atoms with Crippen molar-refractivity contribution >= 4 is 11.9 Å². The van der Waals surface area contributed by atoms with Crippen LogP contribution in [0.2, 0.25) is 0 Å². The molecule has 1 amide bonds. The van der Waals surface area contributed by atoms with Crippen LogP contribution >= 0.6 is 0 Å². The smallest absolute Gasteiger partial charge is 0.251 e. The molecule has 6 nitrogen and oxygen atoms in total. The lowest BCUT2D eigenvalue weighted by Gasteiger charge is -2.38. The van der Waals surface area contributed by atoms with Crippen LogP contribution in [0.25, 0.3) is 0 Å². The first kappa shape index (κ1) is 15.6. The summed E-state index contributed by atoms with van der Waals surface area (Å²) < 4.78 is 5.51. The van der Waals surface area contributed by atoms with Crippen molar-refractivity contribution in [3.05, 3.63) is 0 Å². The molecule has 1 unspecified atom stereocenters. The van der Waals surface area contributed by atoms with Gasteiger partial charge in [-0.25, -0.2) is 0 Å². The van der Waals surface area contributed by atoms with Gasteiger partial charge in [-0.15, -0.1) is 0 Å². The van der Waals surface area contributed by atoms with Crippen LogP contribution in [0.5, 0.6) is 0 Å². The van der Waals surface area contributed by atoms with Gasteiger partial charge < -0.3 is 19.9 Å². The molecule has 0 aromatic rings. The highest BCUT2D eigenvalue weighted by Gasteiger charge is 2.31. The number of nitrogens with zero attached hydrogens (tertiary/aromatic N) is 3. The first-order valence-corrected chi connectivity index (χ1v) is 8.64. The van der Waals surface area contributed by atoms with Crippen LogP contribution in [0.3, 0.4) is 0 Å². The minimum atomic E-state index is -0.192. The highest BCUT2D eigenvalue weighted by atomic mass is 16.5. The number of aliphatic imine (C=N–C) groups is 1. The molecule has 6 heteroatoms. The maximum Gasteiger partial charge on any atom is 0.251 e. The molecular formula is C16H28N4O2. The fourth-order valence-electron chi connectivity index (χ4n) is 3.38. The predicted octanol–water partition coefficient (Wildman–Crippen LogP) is 0.685. The number of carbonyl (C=O) groups excluding carboxylic acids is 1. The Bertz CT molecular complexity index is 408. The Kier molecular flexibility index (Phi) is 5.18. The second kappa shape index (κ2) is 7.31. The third-order valence-corrected chi connectivity index (χ3v) is 5.08. The third kappa shape index (κ3) is 3.54. The molecule has 124 valence electrons. The number of carbonyl (C=O) groups is 1. The van der Waals surface area contributed by atoms with E-state index in [1.165, 1.54) is 19.3 Å². The Balaban J connectivity index is 1.44. The summed E-state index contributed by atoms with van der Waals surface area (Å²) >= 11 is 0. The number of nitrogens with one attached hydrogen (secondary N) is 1. The molecule has 0 aromatic heterocycles. The molecule has 2 aliphatic heterocycles. The van der Waals surface area contributed by atoms with Gasteiger partial charge in [-0.2, -0.15) is 0 Å². The van der Waals surface area contributed by atoms with Crippen LogP contribution in [0, 0.1) is 5.92 Å². The second-order valence-electron chi connectivity index (χ2n) is 6.54. The molecule has 1 N–H and O–H groups in total. The highest BCUT2D eigenvalue weighted by molar-refractivity contribution is 5.82. The standard InChI is InChI=1S/C16H28N4O2/c1-17-16(18-12-13-4-2-5-13)20-9-7-19(8-10-20)15(21)14-6-3-11-22-14/h13-14H,2-12H2,1H3,(H,17,18). The largest absolute Gasteiger partial charge is 0.368 e. The van der Waals surface area contributed by atoms with E-state index in [-0.39, 0.29) is 12.0 Å². The van der Waals surface area contributed by atoms with Crippen LogP contribution in [0.1, 0.15) is 32.1 Å². The maximum absolute atomic E-state index is 12.3. The molecule has 3 fully saturated rings. The lowest BCUT2D eigenvalue weighted by Crippen LogP contribution is -2.55. The molecule has 1 aliphatic carbocycles. The van der Waals surface area contributed by atoms with Crippen molar-refractivity contribution in [2.24, 2.45) is 10.9 Å². The molecule has 0 radical (unpaired) electrons.